The van der Waals surface area contributed by atoms with E-state index in [1.165, 1.54) is 6.08 Å². The number of aromatic nitrogens is 1. The number of aliphatic hydroxyl groups is 1. The highest BCUT2D eigenvalue weighted by Crippen LogP contribution is 2.22. The van der Waals surface area contributed by atoms with Gasteiger partial charge in [0, 0.05) is 24.1 Å². The molecular weight excluding hydrogens is 316 g/mol. The molecule has 0 saturated heterocycles. The fourth-order valence-electron chi connectivity index (χ4n) is 1.74. The van der Waals surface area contributed by atoms with Gasteiger partial charge in [-0.15, -0.1) is 11.3 Å². The molecule has 0 atom stereocenters. The lowest BCUT2D eigenvalue weighted by molar-refractivity contribution is -0.116. The Balaban J connectivity index is 1.74. The molecule has 0 aliphatic rings. The highest BCUT2D eigenvalue weighted by Gasteiger charge is 2.11. The van der Waals surface area contributed by atoms with E-state index in [-0.39, 0.29) is 5.91 Å². The molecule has 1 heterocycles. The number of hydrogen-bond donors (Lipinski definition) is 2. The van der Waals surface area contributed by atoms with E-state index in [4.69, 9.17) is 0 Å². The molecule has 0 aliphatic carbocycles. The summed E-state index contributed by atoms with van der Waals surface area (Å²) < 4.78 is 1.12. The average molecular weight is 336 g/mol. The van der Waals surface area contributed by atoms with E-state index in [1.54, 1.807) is 43.0 Å². The Bertz CT molecular complexity index is 626. The second-order valence-electron chi connectivity index (χ2n) is 5.51. The van der Waals surface area contributed by atoms with Crippen molar-refractivity contribution in [1.82, 2.24) is 10.3 Å². The third-order valence-corrected chi connectivity index (χ3v) is 5.09. The highest BCUT2D eigenvalue weighted by atomic mass is 32.2. The smallest absolute Gasteiger partial charge is 0.244 e. The van der Waals surface area contributed by atoms with Crippen molar-refractivity contribution in [2.75, 3.05) is 18.1 Å². The number of carbonyl (C=O) groups is 1. The first-order valence-electron chi connectivity index (χ1n) is 7.06. The molecular formula is C16H20N2O2S2. The topological polar surface area (TPSA) is 62.2 Å². The highest BCUT2D eigenvalue weighted by molar-refractivity contribution is 7.99. The summed E-state index contributed by atoms with van der Waals surface area (Å²) in [5, 5.41) is 13.2. The molecule has 4 nitrogen and oxygen atoms in total. The van der Waals surface area contributed by atoms with Crippen LogP contribution in [0.2, 0.25) is 0 Å². The zero-order chi connectivity index (χ0) is 16.0. The first-order chi connectivity index (χ1) is 10.4. The number of rotatable bonds is 7. The van der Waals surface area contributed by atoms with Crippen LogP contribution in [0.1, 0.15) is 18.9 Å². The molecule has 2 rings (SSSR count). The number of thiazole rings is 1. The number of fused-ring (bicyclic) bond motifs is 1. The lowest BCUT2D eigenvalue weighted by Crippen LogP contribution is -2.26. The van der Waals surface area contributed by atoms with Crippen LogP contribution in [0.15, 0.2) is 30.3 Å². The minimum absolute atomic E-state index is 0.122. The van der Waals surface area contributed by atoms with Crippen LogP contribution in [0.4, 0.5) is 0 Å². The third-order valence-electron chi connectivity index (χ3n) is 2.69. The zero-order valence-electron chi connectivity index (χ0n) is 12.7. The van der Waals surface area contributed by atoms with E-state index in [9.17, 15) is 9.90 Å². The summed E-state index contributed by atoms with van der Waals surface area (Å²) in [5.74, 6) is 1.32. The van der Waals surface area contributed by atoms with E-state index in [1.807, 2.05) is 24.3 Å². The molecule has 1 aromatic heterocycles. The monoisotopic (exact) mass is 336 g/mol. The van der Waals surface area contributed by atoms with Crippen LogP contribution in [0.25, 0.3) is 16.3 Å². The molecule has 0 bridgehead atoms. The molecule has 2 N–H and O–H groups in total. The van der Waals surface area contributed by atoms with Gasteiger partial charge in [-0.05, 0) is 32.1 Å². The number of nitrogens with zero attached hydrogens (tertiary/aromatic N) is 1. The zero-order valence-corrected chi connectivity index (χ0v) is 14.3. The fourth-order valence-corrected chi connectivity index (χ4v) is 3.50. The quantitative estimate of drug-likeness (QED) is 0.603. The van der Waals surface area contributed by atoms with Gasteiger partial charge >= 0.3 is 0 Å². The Hall–Kier alpha value is -1.37. The van der Waals surface area contributed by atoms with Crippen molar-refractivity contribution in [3.63, 3.8) is 0 Å². The third kappa shape index (κ3) is 5.79. The Morgan fingerprint density at radius 3 is 2.95 bits per heavy atom. The Morgan fingerprint density at radius 1 is 1.45 bits per heavy atom. The van der Waals surface area contributed by atoms with E-state index in [2.05, 4.69) is 10.3 Å². The molecule has 1 amide bonds. The standard InChI is InChI=1S/C16H20N2O2S2/c1-16(2,20)11-21-10-9-17-14(19)7-8-15-18-12-5-3-4-6-13(12)22-15/h3-8,20H,9-11H2,1-2H3,(H,17,19)/b8-7+. The van der Waals surface area contributed by atoms with Crippen LogP contribution in [0.3, 0.4) is 0 Å². The lowest BCUT2D eigenvalue weighted by Gasteiger charge is -2.15. The summed E-state index contributed by atoms with van der Waals surface area (Å²) in [7, 11) is 0. The maximum absolute atomic E-state index is 11.7. The van der Waals surface area contributed by atoms with Crippen LogP contribution < -0.4 is 5.32 Å². The largest absolute Gasteiger partial charge is 0.390 e. The average Bonchev–Trinajstić information content (AvgIpc) is 2.86. The molecule has 0 saturated carbocycles. The van der Waals surface area contributed by atoms with Crippen molar-refractivity contribution in [2.45, 2.75) is 19.4 Å². The van der Waals surface area contributed by atoms with Gasteiger partial charge in [0.05, 0.1) is 15.8 Å². The van der Waals surface area contributed by atoms with Crippen molar-refractivity contribution in [3.05, 3.63) is 35.3 Å². The van der Waals surface area contributed by atoms with Crippen LogP contribution in [-0.4, -0.2) is 39.6 Å². The molecule has 22 heavy (non-hydrogen) atoms. The summed E-state index contributed by atoms with van der Waals surface area (Å²) in [6, 6.07) is 7.91. The Kier molecular flexibility index (Phi) is 5.99. The van der Waals surface area contributed by atoms with Crippen LogP contribution in [0.5, 0.6) is 0 Å². The van der Waals surface area contributed by atoms with Crippen molar-refractivity contribution >= 4 is 45.3 Å². The van der Waals surface area contributed by atoms with E-state index in [0.29, 0.717) is 12.3 Å². The summed E-state index contributed by atoms with van der Waals surface area (Å²) in [4.78, 5) is 16.2. The van der Waals surface area contributed by atoms with Crippen LogP contribution in [0, 0.1) is 0 Å². The first-order valence-corrected chi connectivity index (χ1v) is 9.03. The van der Waals surface area contributed by atoms with Crippen LogP contribution in [-0.2, 0) is 4.79 Å². The van der Waals surface area contributed by atoms with Gasteiger partial charge < -0.3 is 10.4 Å². The number of nitrogens with one attached hydrogen (secondary N) is 1. The van der Waals surface area contributed by atoms with Gasteiger partial charge in [0.15, 0.2) is 0 Å². The number of para-hydroxylation sites is 1. The van der Waals surface area contributed by atoms with Gasteiger partial charge in [-0.1, -0.05) is 12.1 Å². The second kappa shape index (κ2) is 7.76. The van der Waals surface area contributed by atoms with Crippen molar-refractivity contribution in [2.24, 2.45) is 0 Å². The van der Waals surface area contributed by atoms with Gasteiger partial charge in [0.2, 0.25) is 5.91 Å². The Labute approximate surface area is 138 Å². The summed E-state index contributed by atoms with van der Waals surface area (Å²) >= 11 is 3.18. The maximum atomic E-state index is 11.7. The fraction of sp³-hybridized carbons (Fsp3) is 0.375. The minimum Gasteiger partial charge on any atom is -0.390 e. The molecule has 0 spiro atoms. The molecule has 1 aromatic carbocycles. The maximum Gasteiger partial charge on any atom is 0.244 e. The van der Waals surface area contributed by atoms with Gasteiger partial charge in [0.1, 0.15) is 5.01 Å². The van der Waals surface area contributed by atoms with Crippen LogP contribution >= 0.6 is 23.1 Å². The SMILES string of the molecule is CC(C)(O)CSCCNC(=O)/C=C/c1nc2ccccc2s1. The summed E-state index contributed by atoms with van der Waals surface area (Å²) in [5.41, 5.74) is 0.289. The normalized spacial score (nSPS) is 12.1. The molecule has 118 valence electrons. The summed E-state index contributed by atoms with van der Waals surface area (Å²) in [6.07, 6.45) is 3.25. The predicted octanol–water partition coefficient (Wildman–Crippen LogP) is 2.93. The molecule has 0 unspecified atom stereocenters. The van der Waals surface area contributed by atoms with E-state index < -0.39 is 5.60 Å². The van der Waals surface area contributed by atoms with E-state index in [0.717, 1.165) is 21.0 Å². The van der Waals surface area contributed by atoms with Crippen molar-refractivity contribution < 1.29 is 9.90 Å². The molecule has 6 heteroatoms. The van der Waals surface area contributed by atoms with Gasteiger partial charge in [0.25, 0.3) is 0 Å². The lowest BCUT2D eigenvalue weighted by atomic mass is 10.2. The van der Waals surface area contributed by atoms with E-state index >= 15 is 0 Å². The van der Waals surface area contributed by atoms with Crippen molar-refractivity contribution in [3.8, 4) is 0 Å². The second-order valence-corrected chi connectivity index (χ2v) is 7.68. The predicted molar refractivity (Wildman–Crippen MR) is 95.3 cm³/mol. The number of thioether (sulfide) groups is 1. The first kappa shape index (κ1) is 17.0. The molecule has 2 aromatic rings. The molecule has 0 aliphatic heterocycles. The number of hydrogen-bond acceptors (Lipinski definition) is 5. The molecule has 0 radical (unpaired) electrons. The van der Waals surface area contributed by atoms with Gasteiger partial charge in [-0.3, -0.25) is 4.79 Å². The minimum atomic E-state index is -0.665. The van der Waals surface area contributed by atoms with Crippen molar-refractivity contribution in [1.29, 1.82) is 0 Å². The summed E-state index contributed by atoms with van der Waals surface area (Å²) in [6.45, 7) is 4.14. The molecule has 0 fully saturated rings. The number of benzene rings is 1. The number of carbonyl (C=O) groups excluding carboxylic acids is 1. The Morgan fingerprint density at radius 2 is 2.23 bits per heavy atom. The van der Waals surface area contributed by atoms with Gasteiger partial charge in [-0.2, -0.15) is 11.8 Å². The number of amides is 1. The van der Waals surface area contributed by atoms with Gasteiger partial charge in [-0.25, -0.2) is 4.98 Å².